The number of aryl methyl sites for hydroxylation is 1. The van der Waals surface area contributed by atoms with Crippen LogP contribution < -0.4 is 10.1 Å². The lowest BCUT2D eigenvalue weighted by Gasteiger charge is -2.28. The van der Waals surface area contributed by atoms with E-state index in [0.29, 0.717) is 12.3 Å². The molecule has 25 heavy (non-hydrogen) atoms. The van der Waals surface area contributed by atoms with Crippen molar-refractivity contribution in [2.24, 2.45) is 0 Å². The molecular weight excluding hydrogens is 316 g/mol. The molecule has 0 unspecified atom stereocenters. The smallest absolute Gasteiger partial charge is 0.261 e. The average Bonchev–Trinajstić information content (AvgIpc) is 2.65. The van der Waals surface area contributed by atoms with Gasteiger partial charge >= 0.3 is 0 Å². The van der Waals surface area contributed by atoms with Crippen LogP contribution in [0.15, 0.2) is 54.6 Å². The van der Waals surface area contributed by atoms with Gasteiger partial charge in [0, 0.05) is 13.6 Å². The molecule has 0 saturated heterocycles. The Morgan fingerprint density at radius 1 is 1.08 bits per heavy atom. The number of rotatable bonds is 7. The van der Waals surface area contributed by atoms with Crippen molar-refractivity contribution >= 4 is 11.8 Å². The van der Waals surface area contributed by atoms with Crippen LogP contribution in [-0.4, -0.2) is 36.4 Å². The number of carbonyl (C=O) groups is 2. The summed E-state index contributed by atoms with van der Waals surface area (Å²) < 4.78 is 5.55. The Bertz CT molecular complexity index is 699. The first-order valence-corrected chi connectivity index (χ1v) is 8.25. The summed E-state index contributed by atoms with van der Waals surface area (Å²) in [5.74, 6) is 0.180. The summed E-state index contributed by atoms with van der Waals surface area (Å²) in [6, 6.07) is 16.5. The van der Waals surface area contributed by atoms with Crippen molar-refractivity contribution in [3.63, 3.8) is 0 Å². The largest absolute Gasteiger partial charge is 0.484 e. The van der Waals surface area contributed by atoms with Gasteiger partial charge in [0.2, 0.25) is 5.91 Å². The van der Waals surface area contributed by atoms with Crippen LogP contribution in [-0.2, 0) is 16.1 Å². The summed E-state index contributed by atoms with van der Waals surface area (Å²) in [7, 11) is 1.56. The Hall–Kier alpha value is -2.82. The van der Waals surface area contributed by atoms with Crippen molar-refractivity contribution in [2.75, 3.05) is 13.7 Å². The molecule has 0 bridgehead atoms. The summed E-state index contributed by atoms with van der Waals surface area (Å²) in [6.07, 6.45) is 0. The van der Waals surface area contributed by atoms with E-state index in [4.69, 9.17) is 4.74 Å². The summed E-state index contributed by atoms with van der Waals surface area (Å²) in [5.41, 5.74) is 2.11. The molecule has 0 saturated carbocycles. The predicted octanol–water partition coefficient (Wildman–Crippen LogP) is 2.54. The number of nitrogens with one attached hydrogen (secondary N) is 1. The number of ether oxygens (including phenoxy) is 1. The molecule has 0 aliphatic heterocycles. The number of benzene rings is 2. The highest BCUT2D eigenvalue weighted by molar-refractivity contribution is 5.87. The van der Waals surface area contributed by atoms with Gasteiger partial charge in [-0.2, -0.15) is 0 Å². The molecule has 0 heterocycles. The highest BCUT2D eigenvalue weighted by Gasteiger charge is 2.25. The zero-order chi connectivity index (χ0) is 18.2. The Kier molecular flexibility index (Phi) is 6.57. The number of para-hydroxylation sites is 1. The zero-order valence-corrected chi connectivity index (χ0v) is 14.9. The topological polar surface area (TPSA) is 58.6 Å². The van der Waals surface area contributed by atoms with E-state index in [1.54, 1.807) is 26.1 Å². The van der Waals surface area contributed by atoms with Crippen molar-refractivity contribution in [3.05, 3.63) is 65.7 Å². The second kappa shape index (κ2) is 8.87. The molecule has 0 spiro atoms. The third kappa shape index (κ3) is 5.35. The normalized spacial score (nSPS) is 11.5. The molecule has 0 aliphatic carbocycles. The summed E-state index contributed by atoms with van der Waals surface area (Å²) in [4.78, 5) is 26.2. The fourth-order valence-electron chi connectivity index (χ4n) is 2.43. The second-order valence-corrected chi connectivity index (χ2v) is 5.90. The number of hydrogen-bond acceptors (Lipinski definition) is 3. The van der Waals surface area contributed by atoms with Gasteiger partial charge in [0.15, 0.2) is 6.61 Å². The minimum atomic E-state index is -0.585. The lowest BCUT2D eigenvalue weighted by molar-refractivity contribution is -0.142. The molecule has 0 aliphatic rings. The maximum absolute atomic E-state index is 12.7. The number of nitrogens with zero attached hydrogens (tertiary/aromatic N) is 1. The van der Waals surface area contributed by atoms with Gasteiger partial charge in [0.05, 0.1) is 0 Å². The van der Waals surface area contributed by atoms with Crippen LogP contribution in [0.3, 0.4) is 0 Å². The van der Waals surface area contributed by atoms with Crippen LogP contribution in [0.1, 0.15) is 18.1 Å². The predicted molar refractivity (Wildman–Crippen MR) is 97.2 cm³/mol. The summed E-state index contributed by atoms with van der Waals surface area (Å²) >= 11 is 0. The molecule has 0 aromatic heterocycles. The van der Waals surface area contributed by atoms with Crippen molar-refractivity contribution in [2.45, 2.75) is 26.4 Å². The van der Waals surface area contributed by atoms with Crippen molar-refractivity contribution < 1.29 is 14.3 Å². The Morgan fingerprint density at radius 3 is 2.32 bits per heavy atom. The average molecular weight is 340 g/mol. The lowest BCUT2D eigenvalue weighted by atomic mass is 10.1. The first-order valence-electron chi connectivity index (χ1n) is 8.25. The number of carbonyl (C=O) groups excluding carboxylic acids is 2. The second-order valence-electron chi connectivity index (χ2n) is 5.90. The molecule has 1 N–H and O–H groups in total. The minimum Gasteiger partial charge on any atom is -0.484 e. The molecule has 0 radical (unpaired) electrons. The van der Waals surface area contributed by atoms with Gasteiger partial charge in [-0.05, 0) is 31.5 Å². The van der Waals surface area contributed by atoms with Gasteiger partial charge in [-0.3, -0.25) is 9.59 Å². The van der Waals surface area contributed by atoms with E-state index in [0.717, 1.165) is 11.1 Å². The number of amides is 2. The van der Waals surface area contributed by atoms with Gasteiger partial charge < -0.3 is 15.0 Å². The lowest BCUT2D eigenvalue weighted by Crippen LogP contribution is -2.48. The van der Waals surface area contributed by atoms with Crippen LogP contribution >= 0.6 is 0 Å². The van der Waals surface area contributed by atoms with E-state index in [2.05, 4.69) is 5.32 Å². The van der Waals surface area contributed by atoms with Crippen molar-refractivity contribution in [1.29, 1.82) is 0 Å². The third-order valence-electron chi connectivity index (χ3n) is 3.99. The monoisotopic (exact) mass is 340 g/mol. The Labute approximate surface area is 148 Å². The first kappa shape index (κ1) is 18.5. The van der Waals surface area contributed by atoms with Gasteiger partial charge in [-0.15, -0.1) is 0 Å². The van der Waals surface area contributed by atoms with Gasteiger partial charge in [-0.25, -0.2) is 0 Å². The van der Waals surface area contributed by atoms with E-state index in [-0.39, 0.29) is 18.4 Å². The molecule has 5 heteroatoms. The fraction of sp³-hybridized carbons (Fsp3) is 0.300. The maximum atomic E-state index is 12.7. The first-order chi connectivity index (χ1) is 12.0. The molecule has 5 nitrogen and oxygen atoms in total. The number of hydrogen-bond donors (Lipinski definition) is 1. The Morgan fingerprint density at radius 2 is 1.72 bits per heavy atom. The fourth-order valence-corrected chi connectivity index (χ4v) is 2.43. The van der Waals surface area contributed by atoms with Crippen LogP contribution in [0.25, 0.3) is 0 Å². The van der Waals surface area contributed by atoms with Crippen molar-refractivity contribution in [3.8, 4) is 5.75 Å². The van der Waals surface area contributed by atoms with Crippen molar-refractivity contribution in [1.82, 2.24) is 10.2 Å². The highest BCUT2D eigenvalue weighted by Crippen LogP contribution is 2.13. The number of likely N-dealkylation sites (N-methyl/N-ethyl adjacent to an activating group) is 1. The molecule has 2 aromatic carbocycles. The van der Waals surface area contributed by atoms with Crippen LogP contribution in [0, 0.1) is 6.92 Å². The van der Waals surface area contributed by atoms with Crippen LogP contribution in [0.5, 0.6) is 5.75 Å². The van der Waals surface area contributed by atoms with Crippen LogP contribution in [0.2, 0.25) is 0 Å². The Balaban J connectivity index is 2.10. The molecule has 2 amide bonds. The van der Waals surface area contributed by atoms with E-state index in [9.17, 15) is 9.59 Å². The molecule has 2 rings (SSSR count). The van der Waals surface area contributed by atoms with Crippen LogP contribution in [0.4, 0.5) is 0 Å². The quantitative estimate of drug-likeness (QED) is 0.843. The third-order valence-corrected chi connectivity index (χ3v) is 3.99. The van der Waals surface area contributed by atoms with E-state index >= 15 is 0 Å². The van der Waals surface area contributed by atoms with E-state index in [1.165, 1.54) is 4.90 Å². The molecule has 2 aromatic rings. The summed E-state index contributed by atoms with van der Waals surface area (Å²) in [6.45, 7) is 3.96. The maximum Gasteiger partial charge on any atom is 0.261 e. The van der Waals surface area contributed by atoms with Gasteiger partial charge in [-0.1, -0.05) is 48.0 Å². The molecule has 0 fully saturated rings. The summed E-state index contributed by atoms with van der Waals surface area (Å²) in [5, 5.41) is 2.60. The SMILES string of the molecule is CNC(=O)[C@@H](C)N(Cc1ccc(C)cc1)C(=O)COc1ccccc1. The van der Waals surface area contributed by atoms with Gasteiger partial charge in [0.25, 0.3) is 5.91 Å². The van der Waals surface area contributed by atoms with E-state index in [1.807, 2.05) is 49.4 Å². The molecule has 132 valence electrons. The zero-order valence-electron chi connectivity index (χ0n) is 14.9. The standard InChI is InChI=1S/C20H24N2O3/c1-15-9-11-17(12-10-15)13-22(16(2)20(24)21-3)19(23)14-25-18-7-5-4-6-8-18/h4-12,16H,13-14H2,1-3H3,(H,21,24)/t16-/m1/s1. The molecule has 1 atom stereocenters. The minimum absolute atomic E-state index is 0.114. The van der Waals surface area contributed by atoms with Gasteiger partial charge in [0.1, 0.15) is 11.8 Å². The highest BCUT2D eigenvalue weighted by atomic mass is 16.5. The van der Waals surface area contributed by atoms with E-state index < -0.39 is 6.04 Å². The molecular formula is C20H24N2O3.